The Hall–Kier alpha value is -4.77. The van der Waals surface area contributed by atoms with Crippen LogP contribution in [0.25, 0.3) is 22.2 Å². The fourth-order valence-corrected chi connectivity index (χ4v) is 4.84. The molecule has 186 valence electrons. The molecule has 2 aromatic carbocycles. The molecular formula is C26H23FN8O2. The van der Waals surface area contributed by atoms with Crippen LogP contribution in [0.15, 0.2) is 82.7 Å². The molecule has 37 heavy (non-hydrogen) atoms. The van der Waals surface area contributed by atoms with Crippen LogP contribution in [0.2, 0.25) is 0 Å². The second-order valence-corrected chi connectivity index (χ2v) is 8.74. The summed E-state index contributed by atoms with van der Waals surface area (Å²) in [4.78, 5) is 22.0. The van der Waals surface area contributed by atoms with Crippen LogP contribution < -0.4 is 11.1 Å². The third-order valence-electron chi connectivity index (χ3n) is 6.50. The first-order valence-corrected chi connectivity index (χ1v) is 11.7. The molecule has 4 N–H and O–H groups in total. The van der Waals surface area contributed by atoms with E-state index in [1.54, 1.807) is 35.5 Å². The van der Waals surface area contributed by atoms with Crippen LogP contribution in [0.1, 0.15) is 22.7 Å². The zero-order valence-electron chi connectivity index (χ0n) is 19.8. The van der Waals surface area contributed by atoms with Crippen LogP contribution in [-0.2, 0) is 19.0 Å². The van der Waals surface area contributed by atoms with E-state index >= 15 is 0 Å². The van der Waals surface area contributed by atoms with Gasteiger partial charge in [0.2, 0.25) is 5.89 Å². The number of para-hydroxylation sites is 1. The van der Waals surface area contributed by atoms with E-state index in [-0.39, 0.29) is 11.7 Å². The van der Waals surface area contributed by atoms with Gasteiger partial charge in [0.25, 0.3) is 0 Å². The van der Waals surface area contributed by atoms with Gasteiger partial charge in [-0.1, -0.05) is 18.2 Å². The van der Waals surface area contributed by atoms with E-state index < -0.39 is 11.3 Å². The van der Waals surface area contributed by atoms with Crippen LogP contribution in [0.3, 0.4) is 0 Å². The molecule has 7 rings (SSSR count). The van der Waals surface area contributed by atoms with Crippen molar-refractivity contribution >= 4 is 10.9 Å². The van der Waals surface area contributed by atoms with Crippen molar-refractivity contribution in [2.24, 2.45) is 7.05 Å². The lowest BCUT2D eigenvalue weighted by Gasteiger charge is -2.34. The summed E-state index contributed by atoms with van der Waals surface area (Å²) in [6, 6.07) is 14.4. The fourth-order valence-electron chi connectivity index (χ4n) is 4.84. The van der Waals surface area contributed by atoms with E-state index in [0.29, 0.717) is 0 Å². The van der Waals surface area contributed by atoms with Gasteiger partial charge in [-0.25, -0.2) is 19.3 Å². The number of nitrogens with one attached hydrogen (secondary N) is 4. The van der Waals surface area contributed by atoms with Gasteiger partial charge in [0, 0.05) is 36.3 Å². The summed E-state index contributed by atoms with van der Waals surface area (Å²) >= 11 is 0. The number of halogens is 1. The smallest absolute Gasteiger partial charge is 0.390 e. The fraction of sp³-hybridized carbons (Fsp3) is 0.154. The summed E-state index contributed by atoms with van der Waals surface area (Å²) in [7, 11) is 1.85. The largest absolute Gasteiger partial charge is 0.434 e. The van der Waals surface area contributed by atoms with Crippen LogP contribution in [0, 0.1) is 5.82 Å². The van der Waals surface area contributed by atoms with Crippen LogP contribution in [0.5, 0.6) is 0 Å². The molecule has 0 bridgehead atoms. The van der Waals surface area contributed by atoms with E-state index in [4.69, 9.17) is 4.42 Å². The highest BCUT2D eigenvalue weighted by atomic mass is 19.1. The molecule has 0 radical (unpaired) electrons. The molecule has 0 aliphatic carbocycles. The number of aryl methyl sites for hydroxylation is 1. The summed E-state index contributed by atoms with van der Waals surface area (Å²) in [5, 5.41) is 15.5. The Morgan fingerprint density at radius 3 is 2.65 bits per heavy atom. The average Bonchev–Trinajstić information content (AvgIpc) is 3.72. The van der Waals surface area contributed by atoms with E-state index in [1.807, 2.05) is 31.4 Å². The predicted octanol–water partition coefficient (Wildman–Crippen LogP) is 3.23. The quantitative estimate of drug-likeness (QED) is 0.296. The summed E-state index contributed by atoms with van der Waals surface area (Å²) in [5.74, 6) is -0.528. The first-order valence-electron chi connectivity index (χ1n) is 11.7. The van der Waals surface area contributed by atoms with Gasteiger partial charge in [-0.3, -0.25) is 10.00 Å². The molecule has 6 aromatic rings. The van der Waals surface area contributed by atoms with Crippen molar-refractivity contribution < 1.29 is 8.81 Å². The predicted molar refractivity (Wildman–Crippen MR) is 134 cm³/mol. The monoisotopic (exact) mass is 498 g/mol. The van der Waals surface area contributed by atoms with E-state index in [1.165, 1.54) is 23.1 Å². The lowest BCUT2D eigenvalue weighted by molar-refractivity contribution is 0.328. The first kappa shape index (κ1) is 22.7. The number of aromatic nitrogens is 7. The van der Waals surface area contributed by atoms with Crippen molar-refractivity contribution in [2.75, 3.05) is 6.54 Å². The maximum atomic E-state index is 12.5. The third-order valence-corrected chi connectivity index (χ3v) is 6.50. The minimum absolute atomic E-state index is 0.224. The van der Waals surface area contributed by atoms with Crippen LogP contribution in [0.4, 0.5) is 4.39 Å². The molecule has 0 spiro atoms. The molecule has 5 heterocycles. The summed E-state index contributed by atoms with van der Waals surface area (Å²) in [6.07, 6.45) is 7.84. The topological polar surface area (TPSA) is 133 Å². The van der Waals surface area contributed by atoms with Gasteiger partial charge >= 0.3 is 5.76 Å². The van der Waals surface area contributed by atoms with Crippen LogP contribution in [-0.4, -0.2) is 41.5 Å². The number of hydrogen-bond acceptors (Lipinski definition) is 6. The molecule has 0 fully saturated rings. The summed E-state index contributed by atoms with van der Waals surface area (Å²) in [6.45, 7) is 0.723. The molecule has 0 saturated carbocycles. The maximum Gasteiger partial charge on any atom is 0.434 e. The van der Waals surface area contributed by atoms with Crippen molar-refractivity contribution in [2.45, 2.75) is 12.0 Å². The molecule has 1 aliphatic rings. The average molecular weight is 499 g/mol. The molecular weight excluding hydrogens is 475 g/mol. The number of nitrogens with zero attached hydrogens (tertiary/aromatic N) is 4. The number of fused-ring (bicyclic) bond motifs is 3. The van der Waals surface area contributed by atoms with Gasteiger partial charge in [0.15, 0.2) is 5.54 Å². The van der Waals surface area contributed by atoms with Gasteiger partial charge < -0.3 is 14.4 Å². The highest BCUT2D eigenvalue weighted by Crippen LogP contribution is 2.41. The van der Waals surface area contributed by atoms with Gasteiger partial charge in [0.05, 0.1) is 30.1 Å². The lowest BCUT2D eigenvalue weighted by atomic mass is 9.82. The Balaban J connectivity index is 0.000000176. The summed E-state index contributed by atoms with van der Waals surface area (Å²) in [5.41, 5.74) is 4.98. The van der Waals surface area contributed by atoms with Gasteiger partial charge in [-0.15, -0.1) is 5.10 Å². The minimum atomic E-state index is -0.889. The van der Waals surface area contributed by atoms with Gasteiger partial charge in [-0.2, -0.15) is 5.10 Å². The van der Waals surface area contributed by atoms with Crippen molar-refractivity contribution in [1.29, 1.82) is 0 Å². The Morgan fingerprint density at radius 1 is 1.11 bits per heavy atom. The Kier molecular flexibility index (Phi) is 5.53. The molecule has 10 nitrogen and oxygen atoms in total. The Morgan fingerprint density at radius 2 is 1.95 bits per heavy atom. The number of rotatable bonds is 3. The summed E-state index contributed by atoms with van der Waals surface area (Å²) < 4.78 is 19.6. The van der Waals surface area contributed by atoms with E-state index in [2.05, 4.69) is 41.6 Å². The molecule has 0 amide bonds. The minimum Gasteiger partial charge on any atom is -0.390 e. The molecule has 11 heteroatoms. The number of H-pyrrole nitrogens is 3. The van der Waals surface area contributed by atoms with Crippen molar-refractivity contribution in [3.8, 4) is 11.3 Å². The van der Waals surface area contributed by atoms with Crippen molar-refractivity contribution in [1.82, 2.24) is 40.2 Å². The highest BCUT2D eigenvalue weighted by Gasteiger charge is 2.47. The standard InChI is InChI=1S/C17H16N6O2.C9H7FN2/c1-23-9-10(8-19-23)17(15-21-22-16(24)25-15)14-12(6-7-18-17)11-4-2-3-5-13(11)20-14;10-8-3-1-7(2-4-8)9-5-11-6-12-9/h2-5,8-9,18,20H,6-7H2,1H3,(H,22,24);1-6H,(H,11,12). The lowest BCUT2D eigenvalue weighted by Crippen LogP contribution is -2.49. The molecule has 4 aromatic heterocycles. The Bertz CT molecular complexity index is 1710. The van der Waals surface area contributed by atoms with Gasteiger partial charge in [0.1, 0.15) is 5.82 Å². The van der Waals surface area contributed by atoms with E-state index in [0.717, 1.165) is 41.0 Å². The zero-order chi connectivity index (χ0) is 25.4. The van der Waals surface area contributed by atoms with Crippen molar-refractivity contribution in [3.63, 3.8) is 0 Å². The number of hydrogen-bond donors (Lipinski definition) is 4. The maximum absolute atomic E-state index is 12.5. The highest BCUT2D eigenvalue weighted by molar-refractivity contribution is 5.86. The number of benzene rings is 2. The molecule has 1 unspecified atom stereocenters. The SMILES string of the molecule is Cn1cc(C2(c3n[nH]c(=O)o3)NCCc3c2[nH]c2ccccc32)cn1.Fc1ccc(-c2cnc[nH]2)cc1. The molecule has 1 atom stereocenters. The number of aromatic amines is 3. The first-order chi connectivity index (χ1) is 18.0. The second-order valence-electron chi connectivity index (χ2n) is 8.74. The second kappa shape index (κ2) is 9.03. The number of imidazole rings is 1. The molecule has 1 aliphatic heterocycles. The van der Waals surface area contributed by atoms with Crippen molar-refractivity contribution in [3.05, 3.63) is 113 Å². The molecule has 0 saturated heterocycles. The van der Waals surface area contributed by atoms with E-state index in [9.17, 15) is 9.18 Å². The van der Waals surface area contributed by atoms with Crippen LogP contribution >= 0.6 is 0 Å². The third kappa shape index (κ3) is 3.95. The Labute approximate surface area is 209 Å². The van der Waals surface area contributed by atoms with Gasteiger partial charge in [-0.05, 0) is 47.9 Å². The zero-order valence-corrected chi connectivity index (χ0v) is 19.8. The normalized spacial score (nSPS) is 16.8.